The Morgan fingerprint density at radius 3 is 2.86 bits per heavy atom. The molecule has 3 heteroatoms. The summed E-state index contributed by atoms with van der Waals surface area (Å²) in [5, 5.41) is 0.763. The van der Waals surface area contributed by atoms with Crippen molar-refractivity contribution < 1.29 is 0 Å². The van der Waals surface area contributed by atoms with Crippen LogP contribution >= 0.6 is 11.6 Å². The predicted molar refractivity (Wildman–Crippen MR) is 61.9 cm³/mol. The van der Waals surface area contributed by atoms with Crippen LogP contribution in [-0.4, -0.2) is 13.1 Å². The van der Waals surface area contributed by atoms with Crippen LogP contribution < -0.4 is 10.6 Å². The third-order valence-corrected chi connectivity index (χ3v) is 3.06. The maximum atomic E-state index is 6.14. The fraction of sp³-hybridized carbons (Fsp3) is 0.455. The molecule has 0 aliphatic carbocycles. The molecule has 14 heavy (non-hydrogen) atoms. The summed E-state index contributed by atoms with van der Waals surface area (Å²) in [6, 6.07) is 5.70. The van der Waals surface area contributed by atoms with Gasteiger partial charge in [0.15, 0.2) is 0 Å². The van der Waals surface area contributed by atoms with E-state index >= 15 is 0 Å². The molecule has 1 heterocycles. The van der Waals surface area contributed by atoms with Gasteiger partial charge in [-0.05, 0) is 24.5 Å². The second-order valence-electron chi connectivity index (χ2n) is 4.02. The van der Waals surface area contributed by atoms with E-state index in [9.17, 15) is 0 Å². The zero-order valence-corrected chi connectivity index (χ0v) is 9.09. The van der Waals surface area contributed by atoms with Gasteiger partial charge in [0.25, 0.3) is 0 Å². The van der Waals surface area contributed by atoms with E-state index in [2.05, 4.69) is 11.8 Å². The first-order chi connectivity index (χ1) is 6.68. The molecular formula is C11H15ClN2. The van der Waals surface area contributed by atoms with Gasteiger partial charge < -0.3 is 10.6 Å². The molecule has 1 aromatic carbocycles. The van der Waals surface area contributed by atoms with E-state index in [4.69, 9.17) is 17.3 Å². The summed E-state index contributed by atoms with van der Waals surface area (Å²) < 4.78 is 0. The first-order valence-electron chi connectivity index (χ1n) is 4.97. The lowest BCUT2D eigenvalue weighted by molar-refractivity contribution is 0.659. The van der Waals surface area contributed by atoms with Crippen molar-refractivity contribution in [3.63, 3.8) is 0 Å². The zero-order chi connectivity index (χ0) is 10.1. The minimum absolute atomic E-state index is 0.741. The molecule has 1 aromatic rings. The van der Waals surface area contributed by atoms with Crippen LogP contribution in [0.2, 0.25) is 5.02 Å². The normalized spacial score (nSPS) is 21.6. The maximum Gasteiger partial charge on any atom is 0.0789 e. The van der Waals surface area contributed by atoms with Crippen molar-refractivity contribution in [2.45, 2.75) is 13.3 Å². The van der Waals surface area contributed by atoms with Crippen LogP contribution in [0.1, 0.15) is 13.3 Å². The van der Waals surface area contributed by atoms with Crippen LogP contribution in [0.25, 0.3) is 0 Å². The average molecular weight is 211 g/mol. The van der Waals surface area contributed by atoms with E-state index in [0.29, 0.717) is 0 Å². The number of nitrogen functional groups attached to an aromatic ring is 1. The fourth-order valence-corrected chi connectivity index (χ4v) is 2.31. The standard InChI is InChI=1S/C11H15ClN2/c1-8-5-6-14(7-8)11-9(12)3-2-4-10(11)13/h2-4,8H,5-7,13H2,1H3. The van der Waals surface area contributed by atoms with Crippen molar-refractivity contribution >= 4 is 23.0 Å². The quantitative estimate of drug-likeness (QED) is 0.723. The summed E-state index contributed by atoms with van der Waals surface area (Å²) in [7, 11) is 0. The SMILES string of the molecule is CC1CCN(c2c(N)cccc2Cl)C1. The Morgan fingerprint density at radius 2 is 2.29 bits per heavy atom. The lowest BCUT2D eigenvalue weighted by Gasteiger charge is -2.21. The number of nitrogens with zero attached hydrogens (tertiary/aromatic N) is 1. The van der Waals surface area contributed by atoms with Crippen LogP contribution in [0.4, 0.5) is 11.4 Å². The summed E-state index contributed by atoms with van der Waals surface area (Å²) >= 11 is 6.14. The highest BCUT2D eigenvalue weighted by molar-refractivity contribution is 6.34. The second kappa shape index (κ2) is 3.70. The van der Waals surface area contributed by atoms with Gasteiger partial charge in [-0.15, -0.1) is 0 Å². The lowest BCUT2D eigenvalue weighted by atomic mass is 10.2. The average Bonchev–Trinajstić information content (AvgIpc) is 2.51. The van der Waals surface area contributed by atoms with Gasteiger partial charge in [-0.2, -0.15) is 0 Å². The van der Waals surface area contributed by atoms with Gasteiger partial charge in [0.1, 0.15) is 0 Å². The number of para-hydroxylation sites is 1. The minimum Gasteiger partial charge on any atom is -0.397 e. The van der Waals surface area contributed by atoms with Crippen molar-refractivity contribution in [1.29, 1.82) is 0 Å². The Labute approximate surface area is 89.7 Å². The summed E-state index contributed by atoms with van der Waals surface area (Å²) in [5.41, 5.74) is 7.72. The van der Waals surface area contributed by atoms with Crippen LogP contribution in [0.15, 0.2) is 18.2 Å². The highest BCUT2D eigenvalue weighted by Gasteiger charge is 2.22. The highest BCUT2D eigenvalue weighted by Crippen LogP contribution is 2.34. The number of hydrogen-bond donors (Lipinski definition) is 1. The number of nitrogens with two attached hydrogens (primary N) is 1. The monoisotopic (exact) mass is 210 g/mol. The Balaban J connectivity index is 2.31. The Morgan fingerprint density at radius 1 is 1.50 bits per heavy atom. The van der Waals surface area contributed by atoms with Crippen molar-refractivity contribution in [2.75, 3.05) is 23.7 Å². The smallest absolute Gasteiger partial charge is 0.0789 e. The molecule has 1 unspecified atom stereocenters. The van der Waals surface area contributed by atoms with Crippen LogP contribution in [0.5, 0.6) is 0 Å². The zero-order valence-electron chi connectivity index (χ0n) is 8.33. The van der Waals surface area contributed by atoms with E-state index < -0.39 is 0 Å². The van der Waals surface area contributed by atoms with E-state index in [-0.39, 0.29) is 0 Å². The third-order valence-electron chi connectivity index (χ3n) is 2.76. The molecule has 0 saturated carbocycles. The summed E-state index contributed by atoms with van der Waals surface area (Å²) in [6.45, 7) is 4.38. The minimum atomic E-state index is 0.741. The van der Waals surface area contributed by atoms with Gasteiger partial charge >= 0.3 is 0 Å². The van der Waals surface area contributed by atoms with E-state index in [1.54, 1.807) is 0 Å². The number of benzene rings is 1. The largest absolute Gasteiger partial charge is 0.397 e. The van der Waals surface area contributed by atoms with Crippen LogP contribution in [0, 0.1) is 5.92 Å². The molecule has 1 aliphatic heterocycles. The van der Waals surface area contributed by atoms with Crippen molar-refractivity contribution in [3.05, 3.63) is 23.2 Å². The van der Waals surface area contributed by atoms with Gasteiger partial charge in [-0.3, -0.25) is 0 Å². The summed E-state index contributed by atoms with van der Waals surface area (Å²) in [6.07, 6.45) is 1.23. The van der Waals surface area contributed by atoms with E-state index in [1.807, 2.05) is 18.2 Å². The van der Waals surface area contributed by atoms with Crippen molar-refractivity contribution in [2.24, 2.45) is 5.92 Å². The van der Waals surface area contributed by atoms with Crippen LogP contribution in [-0.2, 0) is 0 Å². The Bertz CT molecular complexity index is 318. The molecule has 2 rings (SSSR count). The number of anilines is 2. The molecule has 2 nitrogen and oxygen atoms in total. The molecule has 0 spiro atoms. The molecule has 0 bridgehead atoms. The lowest BCUT2D eigenvalue weighted by Crippen LogP contribution is -2.20. The topological polar surface area (TPSA) is 29.3 Å². The van der Waals surface area contributed by atoms with Crippen molar-refractivity contribution in [1.82, 2.24) is 0 Å². The number of rotatable bonds is 1. The number of halogens is 1. The molecule has 1 fully saturated rings. The van der Waals surface area contributed by atoms with Crippen LogP contribution in [0.3, 0.4) is 0 Å². The fourth-order valence-electron chi connectivity index (χ4n) is 2.00. The maximum absolute atomic E-state index is 6.14. The Hall–Kier alpha value is -0.890. The molecule has 2 N–H and O–H groups in total. The molecule has 0 amide bonds. The molecular weight excluding hydrogens is 196 g/mol. The molecule has 76 valence electrons. The first kappa shape index (κ1) is 9.66. The van der Waals surface area contributed by atoms with Gasteiger partial charge in [0, 0.05) is 13.1 Å². The molecule has 1 aliphatic rings. The molecule has 1 atom stereocenters. The first-order valence-corrected chi connectivity index (χ1v) is 5.35. The number of hydrogen-bond acceptors (Lipinski definition) is 2. The van der Waals surface area contributed by atoms with E-state index in [1.165, 1.54) is 6.42 Å². The van der Waals surface area contributed by atoms with E-state index in [0.717, 1.165) is 35.4 Å². The third kappa shape index (κ3) is 1.67. The van der Waals surface area contributed by atoms with Crippen molar-refractivity contribution in [3.8, 4) is 0 Å². The molecule has 0 aromatic heterocycles. The highest BCUT2D eigenvalue weighted by atomic mass is 35.5. The van der Waals surface area contributed by atoms with Gasteiger partial charge in [0.05, 0.1) is 16.4 Å². The van der Waals surface area contributed by atoms with Gasteiger partial charge in [-0.25, -0.2) is 0 Å². The molecule has 0 radical (unpaired) electrons. The molecule has 1 saturated heterocycles. The summed E-state index contributed by atoms with van der Waals surface area (Å²) in [4.78, 5) is 2.28. The second-order valence-corrected chi connectivity index (χ2v) is 4.42. The Kier molecular flexibility index (Phi) is 2.55. The van der Waals surface area contributed by atoms with Gasteiger partial charge in [0.2, 0.25) is 0 Å². The van der Waals surface area contributed by atoms with Gasteiger partial charge in [-0.1, -0.05) is 24.6 Å². The summed E-state index contributed by atoms with van der Waals surface area (Å²) in [5.74, 6) is 0.741. The predicted octanol–water partition coefficient (Wildman–Crippen LogP) is 2.77.